The highest BCUT2D eigenvalue weighted by atomic mass is 16.4. The Kier molecular flexibility index (Phi) is 2.52. The third-order valence-corrected chi connectivity index (χ3v) is 2.94. The highest BCUT2D eigenvalue weighted by Gasteiger charge is 2.25. The van der Waals surface area contributed by atoms with Gasteiger partial charge < -0.3 is 9.73 Å². The average molecular weight is 239 g/mol. The lowest BCUT2D eigenvalue weighted by Gasteiger charge is -1.98. The lowest BCUT2D eigenvalue weighted by molar-refractivity contribution is 0.585. The van der Waals surface area contributed by atoms with E-state index in [0.29, 0.717) is 23.5 Å². The Labute approximate surface area is 105 Å². The lowest BCUT2D eigenvalue weighted by atomic mass is 10.1. The monoisotopic (exact) mass is 239 g/mol. The van der Waals surface area contributed by atoms with E-state index in [-0.39, 0.29) is 0 Å². The molecule has 0 radical (unpaired) electrons. The van der Waals surface area contributed by atoms with Crippen LogP contribution in [0.2, 0.25) is 0 Å². The minimum atomic E-state index is 0.331. The van der Waals surface area contributed by atoms with Gasteiger partial charge >= 0.3 is 0 Å². The molecule has 2 aromatic rings. The van der Waals surface area contributed by atoms with Gasteiger partial charge in [0.25, 0.3) is 0 Å². The first-order valence-corrected chi connectivity index (χ1v) is 6.01. The fourth-order valence-electron chi connectivity index (χ4n) is 1.73. The van der Waals surface area contributed by atoms with Crippen LogP contribution in [0.25, 0.3) is 11.5 Å². The molecular weight excluding hydrogens is 226 g/mol. The standard InChI is InChI=1S/C14H13N3O/c1-9-2-4-10(5-3-9)13-17-12(8-15)14(18-13)16-11-6-7-11/h2-5,11,16H,6-7H2,1H3. The Morgan fingerprint density at radius 2 is 2.06 bits per heavy atom. The molecule has 3 rings (SSSR count). The van der Waals surface area contributed by atoms with Crippen LogP contribution in [0, 0.1) is 18.3 Å². The van der Waals surface area contributed by atoms with E-state index in [4.69, 9.17) is 9.68 Å². The van der Waals surface area contributed by atoms with E-state index < -0.39 is 0 Å². The Bertz CT molecular complexity index is 603. The molecule has 0 amide bonds. The Morgan fingerprint density at radius 3 is 2.67 bits per heavy atom. The van der Waals surface area contributed by atoms with Crippen molar-refractivity contribution in [2.45, 2.75) is 25.8 Å². The van der Waals surface area contributed by atoms with Crippen LogP contribution in [0.15, 0.2) is 28.7 Å². The van der Waals surface area contributed by atoms with Crippen molar-refractivity contribution < 1.29 is 4.42 Å². The maximum atomic E-state index is 9.04. The summed E-state index contributed by atoms with van der Waals surface area (Å²) in [6.07, 6.45) is 2.26. The van der Waals surface area contributed by atoms with Gasteiger partial charge in [-0.2, -0.15) is 10.2 Å². The number of benzene rings is 1. The van der Waals surface area contributed by atoms with Crippen molar-refractivity contribution in [3.8, 4) is 17.5 Å². The minimum absolute atomic E-state index is 0.331. The van der Waals surface area contributed by atoms with Gasteiger partial charge in [-0.05, 0) is 31.9 Å². The van der Waals surface area contributed by atoms with Gasteiger partial charge in [-0.25, -0.2) is 0 Å². The molecule has 90 valence electrons. The fraction of sp³-hybridized carbons (Fsp3) is 0.286. The van der Waals surface area contributed by atoms with Gasteiger partial charge in [-0.1, -0.05) is 17.7 Å². The summed E-state index contributed by atoms with van der Waals surface area (Å²) in [5.41, 5.74) is 2.40. The Balaban J connectivity index is 1.94. The summed E-state index contributed by atoms with van der Waals surface area (Å²) in [6, 6.07) is 10.4. The van der Waals surface area contributed by atoms with Gasteiger partial charge in [-0.15, -0.1) is 0 Å². The molecule has 0 saturated heterocycles. The van der Waals surface area contributed by atoms with Crippen LogP contribution < -0.4 is 5.32 Å². The summed E-state index contributed by atoms with van der Waals surface area (Å²) in [4.78, 5) is 4.22. The fourth-order valence-corrected chi connectivity index (χ4v) is 1.73. The second-order valence-corrected chi connectivity index (χ2v) is 4.59. The van der Waals surface area contributed by atoms with E-state index in [2.05, 4.69) is 16.4 Å². The van der Waals surface area contributed by atoms with Crippen LogP contribution in [-0.2, 0) is 0 Å². The Hall–Kier alpha value is -2.28. The molecule has 1 N–H and O–H groups in total. The summed E-state index contributed by atoms with van der Waals surface area (Å²) in [7, 11) is 0. The van der Waals surface area contributed by atoms with Crippen molar-refractivity contribution in [1.82, 2.24) is 4.98 Å². The largest absolute Gasteiger partial charge is 0.419 e. The second kappa shape index (κ2) is 4.19. The molecule has 1 fully saturated rings. The summed E-state index contributed by atoms with van der Waals surface area (Å²) >= 11 is 0. The molecule has 4 heteroatoms. The molecule has 0 unspecified atom stereocenters. The van der Waals surface area contributed by atoms with Gasteiger partial charge in [-0.3, -0.25) is 0 Å². The van der Waals surface area contributed by atoms with E-state index in [1.54, 1.807) is 0 Å². The summed E-state index contributed by atoms with van der Waals surface area (Å²) in [6.45, 7) is 2.03. The number of hydrogen-bond acceptors (Lipinski definition) is 4. The van der Waals surface area contributed by atoms with Crippen molar-refractivity contribution in [2.75, 3.05) is 5.32 Å². The number of aromatic nitrogens is 1. The number of nitriles is 1. The van der Waals surface area contributed by atoms with Gasteiger partial charge in [0.1, 0.15) is 6.07 Å². The zero-order valence-corrected chi connectivity index (χ0v) is 10.1. The van der Waals surface area contributed by atoms with Crippen molar-refractivity contribution in [1.29, 1.82) is 5.26 Å². The van der Waals surface area contributed by atoms with E-state index in [1.165, 1.54) is 5.56 Å². The maximum Gasteiger partial charge on any atom is 0.232 e. The molecule has 18 heavy (non-hydrogen) atoms. The topological polar surface area (TPSA) is 61.9 Å². The molecule has 1 heterocycles. The van der Waals surface area contributed by atoms with Crippen molar-refractivity contribution in [3.63, 3.8) is 0 Å². The number of rotatable bonds is 3. The lowest BCUT2D eigenvalue weighted by Crippen LogP contribution is -2.00. The molecular formula is C14H13N3O. The van der Waals surface area contributed by atoms with Crippen molar-refractivity contribution in [2.24, 2.45) is 0 Å². The van der Waals surface area contributed by atoms with Crippen LogP contribution in [-0.4, -0.2) is 11.0 Å². The van der Waals surface area contributed by atoms with Gasteiger partial charge in [0.05, 0.1) is 0 Å². The smallest absolute Gasteiger partial charge is 0.232 e. The van der Waals surface area contributed by atoms with Gasteiger partial charge in [0, 0.05) is 11.6 Å². The molecule has 4 nitrogen and oxygen atoms in total. The number of nitrogens with zero attached hydrogens (tertiary/aromatic N) is 2. The van der Waals surface area contributed by atoms with Crippen molar-refractivity contribution in [3.05, 3.63) is 35.5 Å². The average Bonchev–Trinajstić information content (AvgIpc) is 3.09. The molecule has 1 aromatic heterocycles. The zero-order chi connectivity index (χ0) is 12.5. The predicted molar refractivity (Wildman–Crippen MR) is 68.0 cm³/mol. The molecule has 0 atom stereocenters. The zero-order valence-electron chi connectivity index (χ0n) is 10.1. The first kappa shape index (κ1) is 10.8. The van der Waals surface area contributed by atoms with E-state index in [0.717, 1.165) is 18.4 Å². The summed E-state index contributed by atoms with van der Waals surface area (Å²) < 4.78 is 5.64. The third kappa shape index (κ3) is 2.07. The molecule has 0 aliphatic heterocycles. The normalized spacial score (nSPS) is 14.2. The minimum Gasteiger partial charge on any atom is -0.419 e. The third-order valence-electron chi connectivity index (χ3n) is 2.94. The maximum absolute atomic E-state index is 9.04. The second-order valence-electron chi connectivity index (χ2n) is 4.59. The highest BCUT2D eigenvalue weighted by molar-refractivity contribution is 5.59. The number of hydrogen-bond donors (Lipinski definition) is 1. The van der Waals surface area contributed by atoms with Crippen LogP contribution >= 0.6 is 0 Å². The molecule has 1 aliphatic carbocycles. The molecule has 0 spiro atoms. The van der Waals surface area contributed by atoms with Crippen molar-refractivity contribution >= 4 is 5.88 Å². The number of anilines is 1. The highest BCUT2D eigenvalue weighted by Crippen LogP contribution is 2.30. The molecule has 1 saturated carbocycles. The van der Waals surface area contributed by atoms with Crippen LogP contribution in [0.4, 0.5) is 5.88 Å². The predicted octanol–water partition coefficient (Wildman–Crippen LogP) is 3.10. The van der Waals surface area contributed by atoms with E-state index in [9.17, 15) is 0 Å². The Morgan fingerprint density at radius 1 is 1.33 bits per heavy atom. The SMILES string of the molecule is Cc1ccc(-c2nc(C#N)c(NC3CC3)o2)cc1. The van der Waals surface area contributed by atoms with Crippen LogP contribution in [0.1, 0.15) is 24.1 Å². The molecule has 1 aliphatic rings. The first-order valence-electron chi connectivity index (χ1n) is 6.01. The summed E-state index contributed by atoms with van der Waals surface area (Å²) in [5, 5.41) is 12.2. The molecule has 0 bridgehead atoms. The molecule has 1 aromatic carbocycles. The van der Waals surface area contributed by atoms with E-state index in [1.807, 2.05) is 31.2 Å². The number of aryl methyl sites for hydroxylation is 1. The number of oxazole rings is 1. The van der Waals surface area contributed by atoms with E-state index >= 15 is 0 Å². The quantitative estimate of drug-likeness (QED) is 0.894. The van der Waals surface area contributed by atoms with Gasteiger partial charge in [0.2, 0.25) is 17.5 Å². The van der Waals surface area contributed by atoms with Crippen LogP contribution in [0.5, 0.6) is 0 Å². The first-order chi connectivity index (χ1) is 8.76. The van der Waals surface area contributed by atoms with Crippen LogP contribution in [0.3, 0.4) is 0 Å². The van der Waals surface area contributed by atoms with Gasteiger partial charge in [0.15, 0.2) is 0 Å². The number of nitrogens with one attached hydrogen (secondary N) is 1. The summed E-state index contributed by atoms with van der Waals surface area (Å²) in [5.74, 6) is 0.991.